The number of thiophene rings is 1. The fourth-order valence-corrected chi connectivity index (χ4v) is 4.32. The Labute approximate surface area is 153 Å². The van der Waals surface area contributed by atoms with Gasteiger partial charge in [0.1, 0.15) is 11.0 Å². The molecule has 0 fully saturated rings. The molecule has 4 nitrogen and oxygen atoms in total. The van der Waals surface area contributed by atoms with Crippen molar-refractivity contribution in [3.63, 3.8) is 0 Å². The van der Waals surface area contributed by atoms with Gasteiger partial charge in [0.25, 0.3) is 5.91 Å². The molecule has 1 amide bonds. The van der Waals surface area contributed by atoms with E-state index in [0.717, 1.165) is 6.42 Å². The number of carbonyl (C=O) groups excluding carboxylic acids is 1. The van der Waals surface area contributed by atoms with Gasteiger partial charge in [0.15, 0.2) is 0 Å². The largest absolute Gasteiger partial charge is 0.334 e. The average Bonchev–Trinajstić information content (AvgIpc) is 3.18. The lowest BCUT2D eigenvalue weighted by Gasteiger charge is -2.27. The van der Waals surface area contributed by atoms with Crippen LogP contribution in [0.1, 0.15) is 26.5 Å². The van der Waals surface area contributed by atoms with Crippen LogP contribution in [0.15, 0.2) is 35.7 Å². The summed E-state index contributed by atoms with van der Waals surface area (Å²) in [7, 11) is 0. The van der Waals surface area contributed by atoms with E-state index >= 15 is 0 Å². The predicted octanol–water partition coefficient (Wildman–Crippen LogP) is 4.23. The Morgan fingerprint density at radius 3 is 2.80 bits per heavy atom. The molecule has 0 saturated carbocycles. The number of carbonyl (C=O) groups is 1. The molecular weight excluding hydrogens is 361 g/mol. The first kappa shape index (κ1) is 16.3. The molecule has 7 heteroatoms. The molecule has 4 rings (SSSR count). The second-order valence-electron chi connectivity index (χ2n) is 5.99. The number of aromatic nitrogens is 2. The maximum absolute atomic E-state index is 13.1. The number of hydrogen-bond acceptors (Lipinski definition) is 3. The smallest absolute Gasteiger partial charge is 0.259 e. The molecule has 1 aliphatic rings. The van der Waals surface area contributed by atoms with Gasteiger partial charge in [-0.3, -0.25) is 4.79 Å². The minimum atomic E-state index is -0.333. The van der Waals surface area contributed by atoms with Gasteiger partial charge in [0.05, 0.1) is 16.9 Å². The van der Waals surface area contributed by atoms with Crippen molar-refractivity contribution in [2.24, 2.45) is 0 Å². The van der Waals surface area contributed by atoms with Crippen LogP contribution in [0, 0.1) is 12.7 Å². The topological polar surface area (TPSA) is 38.1 Å². The Morgan fingerprint density at radius 1 is 1.28 bits per heavy atom. The molecule has 25 heavy (non-hydrogen) atoms. The van der Waals surface area contributed by atoms with Crippen molar-refractivity contribution in [1.29, 1.82) is 0 Å². The molecule has 0 aliphatic carbocycles. The Hall–Kier alpha value is -2.18. The van der Waals surface area contributed by atoms with Crippen molar-refractivity contribution in [3.8, 4) is 5.69 Å². The van der Waals surface area contributed by atoms with Crippen LogP contribution in [0.5, 0.6) is 0 Å². The number of hydrogen-bond donors (Lipinski definition) is 0. The molecule has 0 spiro atoms. The molecule has 1 aromatic carbocycles. The number of benzene rings is 1. The van der Waals surface area contributed by atoms with Crippen LogP contribution in [-0.4, -0.2) is 27.1 Å². The van der Waals surface area contributed by atoms with E-state index in [1.165, 1.54) is 27.3 Å². The van der Waals surface area contributed by atoms with Gasteiger partial charge in [0.2, 0.25) is 0 Å². The van der Waals surface area contributed by atoms with Gasteiger partial charge in [-0.05, 0) is 54.6 Å². The highest BCUT2D eigenvalue weighted by molar-refractivity contribution is 7.10. The van der Waals surface area contributed by atoms with E-state index in [1.54, 1.807) is 35.3 Å². The first-order valence-electron chi connectivity index (χ1n) is 7.90. The van der Waals surface area contributed by atoms with Crippen molar-refractivity contribution in [2.45, 2.75) is 19.9 Å². The van der Waals surface area contributed by atoms with Crippen molar-refractivity contribution >= 4 is 28.8 Å². The van der Waals surface area contributed by atoms with Crippen LogP contribution in [-0.2, 0) is 13.0 Å². The summed E-state index contributed by atoms with van der Waals surface area (Å²) in [5, 5.41) is 6.69. The molecule has 0 radical (unpaired) electrons. The second-order valence-corrected chi connectivity index (χ2v) is 7.34. The highest BCUT2D eigenvalue weighted by Crippen LogP contribution is 2.29. The van der Waals surface area contributed by atoms with E-state index in [0.29, 0.717) is 30.0 Å². The zero-order valence-corrected chi connectivity index (χ0v) is 15.1. The zero-order valence-electron chi connectivity index (χ0n) is 13.5. The van der Waals surface area contributed by atoms with E-state index in [1.807, 2.05) is 0 Å². The lowest BCUT2D eigenvalue weighted by atomic mass is 10.1. The summed E-state index contributed by atoms with van der Waals surface area (Å²) in [6.45, 7) is 3.03. The monoisotopic (exact) mass is 375 g/mol. The maximum atomic E-state index is 13.1. The van der Waals surface area contributed by atoms with E-state index in [9.17, 15) is 9.18 Å². The molecule has 0 saturated heterocycles. The minimum Gasteiger partial charge on any atom is -0.334 e. The van der Waals surface area contributed by atoms with Gasteiger partial charge in [0, 0.05) is 18.0 Å². The van der Waals surface area contributed by atoms with Crippen LogP contribution in [0.3, 0.4) is 0 Å². The van der Waals surface area contributed by atoms with Crippen LogP contribution < -0.4 is 0 Å². The van der Waals surface area contributed by atoms with Crippen molar-refractivity contribution < 1.29 is 9.18 Å². The molecule has 3 heterocycles. The van der Waals surface area contributed by atoms with Gasteiger partial charge >= 0.3 is 0 Å². The zero-order chi connectivity index (χ0) is 17.6. The van der Waals surface area contributed by atoms with E-state index in [2.05, 4.69) is 16.5 Å². The summed E-state index contributed by atoms with van der Waals surface area (Å²) < 4.78 is 14.6. The van der Waals surface area contributed by atoms with E-state index < -0.39 is 0 Å². The van der Waals surface area contributed by atoms with Crippen LogP contribution in [0.2, 0.25) is 5.15 Å². The van der Waals surface area contributed by atoms with Gasteiger partial charge < -0.3 is 4.90 Å². The molecule has 0 N–H and O–H groups in total. The fraction of sp³-hybridized carbons (Fsp3) is 0.222. The van der Waals surface area contributed by atoms with Crippen LogP contribution >= 0.6 is 22.9 Å². The second kappa shape index (κ2) is 6.28. The standard InChI is InChI=1S/C18H15ClFN3OS/c1-11-16(17(19)23(21-11)14-4-2-13(20)3-5-14)18(24)22-8-6-15-12(10-22)7-9-25-15/h2-5,7,9H,6,8,10H2,1H3. The number of nitrogens with zero attached hydrogens (tertiary/aromatic N) is 3. The molecule has 3 aromatic rings. The summed E-state index contributed by atoms with van der Waals surface area (Å²) in [6, 6.07) is 7.91. The summed E-state index contributed by atoms with van der Waals surface area (Å²) in [4.78, 5) is 16.2. The Kier molecular flexibility index (Phi) is 4.09. The molecular formula is C18H15ClFN3OS. The molecule has 0 bridgehead atoms. The third-order valence-corrected chi connectivity index (χ3v) is 5.76. The third kappa shape index (κ3) is 2.85. The fourth-order valence-electron chi connectivity index (χ4n) is 3.08. The number of fused-ring (bicyclic) bond motifs is 1. The third-order valence-electron chi connectivity index (χ3n) is 4.38. The summed E-state index contributed by atoms with van der Waals surface area (Å²) in [6.07, 6.45) is 0.863. The van der Waals surface area contributed by atoms with Gasteiger partial charge in [-0.15, -0.1) is 11.3 Å². The Bertz CT molecular complexity index is 948. The van der Waals surface area contributed by atoms with Crippen LogP contribution in [0.4, 0.5) is 4.39 Å². The van der Waals surface area contributed by atoms with Gasteiger partial charge in [-0.2, -0.15) is 5.10 Å². The lowest BCUT2D eigenvalue weighted by molar-refractivity contribution is 0.0735. The maximum Gasteiger partial charge on any atom is 0.259 e. The predicted molar refractivity (Wildman–Crippen MR) is 96.0 cm³/mol. The highest BCUT2D eigenvalue weighted by Gasteiger charge is 2.28. The van der Waals surface area contributed by atoms with Crippen molar-refractivity contribution in [3.05, 3.63) is 68.4 Å². The highest BCUT2D eigenvalue weighted by atomic mass is 35.5. The molecule has 0 atom stereocenters. The number of rotatable bonds is 2. The number of halogens is 2. The van der Waals surface area contributed by atoms with Gasteiger partial charge in [-0.25, -0.2) is 9.07 Å². The average molecular weight is 376 g/mol. The summed E-state index contributed by atoms with van der Waals surface area (Å²) in [5.74, 6) is -0.451. The molecule has 2 aromatic heterocycles. The van der Waals surface area contributed by atoms with Crippen LogP contribution in [0.25, 0.3) is 5.69 Å². The Balaban J connectivity index is 1.67. The molecule has 0 unspecified atom stereocenters. The summed E-state index contributed by atoms with van der Waals surface area (Å²) >= 11 is 8.19. The van der Waals surface area contributed by atoms with E-state index in [-0.39, 0.29) is 16.9 Å². The van der Waals surface area contributed by atoms with Crippen molar-refractivity contribution in [2.75, 3.05) is 6.54 Å². The molecule has 128 valence electrons. The SMILES string of the molecule is Cc1nn(-c2ccc(F)cc2)c(Cl)c1C(=O)N1CCc2sccc2C1. The van der Waals surface area contributed by atoms with Gasteiger partial charge in [-0.1, -0.05) is 11.6 Å². The first-order chi connectivity index (χ1) is 12.0. The minimum absolute atomic E-state index is 0.118. The quantitative estimate of drug-likeness (QED) is 0.672. The van der Waals surface area contributed by atoms with E-state index in [4.69, 9.17) is 11.6 Å². The normalized spacial score (nSPS) is 13.8. The van der Waals surface area contributed by atoms with Crippen molar-refractivity contribution in [1.82, 2.24) is 14.7 Å². The lowest BCUT2D eigenvalue weighted by Crippen LogP contribution is -2.35. The number of aryl methyl sites for hydroxylation is 1. The molecule has 1 aliphatic heterocycles. The first-order valence-corrected chi connectivity index (χ1v) is 9.16. The Morgan fingerprint density at radius 2 is 2.04 bits per heavy atom. The summed E-state index contributed by atoms with van der Waals surface area (Å²) in [5.41, 5.74) is 2.79. The number of amides is 1.